The van der Waals surface area contributed by atoms with Gasteiger partial charge in [0.15, 0.2) is 11.5 Å². The van der Waals surface area contributed by atoms with Crippen molar-refractivity contribution in [2.24, 2.45) is 5.73 Å². The molecule has 1 amide bonds. The number of nitrogen functional groups attached to an aromatic ring is 1. The number of nitrogens with zero attached hydrogens (tertiary/aromatic N) is 2. The van der Waals surface area contributed by atoms with Gasteiger partial charge in [0.2, 0.25) is 5.88 Å². The Hall–Kier alpha value is -2.84. The maximum atomic E-state index is 11.1. The highest BCUT2D eigenvalue weighted by atomic mass is 16.6. The number of amides is 1. The second-order valence-corrected chi connectivity index (χ2v) is 3.03. The molecule has 0 aliphatic rings. The lowest BCUT2D eigenvalue weighted by atomic mass is 10.2. The Morgan fingerprint density at radius 1 is 1.47 bits per heavy atom. The van der Waals surface area contributed by atoms with Gasteiger partial charge in [0, 0.05) is 0 Å². The van der Waals surface area contributed by atoms with Crippen LogP contribution in [0.5, 0.6) is 0 Å². The van der Waals surface area contributed by atoms with E-state index in [4.69, 9.17) is 15.9 Å². The van der Waals surface area contributed by atoms with Crippen molar-refractivity contribution < 1.29 is 18.7 Å². The molecule has 2 aromatic rings. The fourth-order valence-corrected chi connectivity index (χ4v) is 1.26. The number of furan rings is 1. The summed E-state index contributed by atoms with van der Waals surface area (Å²) in [5.74, 6) is -1.65. The first-order chi connectivity index (χ1) is 8.00. The lowest BCUT2D eigenvalue weighted by Crippen LogP contribution is -2.13. The van der Waals surface area contributed by atoms with Crippen molar-refractivity contribution in [1.82, 2.24) is 5.16 Å². The summed E-state index contributed by atoms with van der Waals surface area (Å²) in [5.41, 5.74) is 10.2. The topological polar surface area (TPSA) is 151 Å². The van der Waals surface area contributed by atoms with Crippen LogP contribution in [0.4, 0.5) is 11.8 Å². The molecule has 0 spiro atoms. The molecule has 0 aliphatic heterocycles. The van der Waals surface area contributed by atoms with Crippen molar-refractivity contribution in [3.05, 3.63) is 27.8 Å². The van der Waals surface area contributed by atoms with Gasteiger partial charge in [0.25, 0.3) is 5.91 Å². The minimum Gasteiger partial charge on any atom is -0.399 e. The van der Waals surface area contributed by atoms with Gasteiger partial charge in [0.05, 0.1) is 6.07 Å². The highest BCUT2D eigenvalue weighted by molar-refractivity contribution is 6.02. The molecule has 0 aromatic carbocycles. The summed E-state index contributed by atoms with van der Waals surface area (Å²) < 4.78 is 9.43. The van der Waals surface area contributed by atoms with Crippen LogP contribution in [-0.2, 0) is 0 Å². The molecule has 0 radical (unpaired) electrons. The molecule has 0 atom stereocenters. The maximum Gasteiger partial charge on any atom is 0.433 e. The number of carbonyl (C=O) groups is 1. The lowest BCUT2D eigenvalue weighted by molar-refractivity contribution is -0.401. The number of aromatic nitrogens is 1. The smallest absolute Gasteiger partial charge is 0.399 e. The van der Waals surface area contributed by atoms with Gasteiger partial charge in [-0.25, -0.2) is 0 Å². The van der Waals surface area contributed by atoms with Crippen LogP contribution >= 0.6 is 0 Å². The van der Waals surface area contributed by atoms with Crippen molar-refractivity contribution in [3.63, 3.8) is 0 Å². The summed E-state index contributed by atoms with van der Waals surface area (Å²) in [6.07, 6.45) is 0. The molecule has 0 fully saturated rings. The lowest BCUT2D eigenvalue weighted by Gasteiger charge is -1.92. The van der Waals surface area contributed by atoms with Gasteiger partial charge in [-0.2, -0.15) is 0 Å². The first-order valence-electron chi connectivity index (χ1n) is 4.30. The normalized spacial score (nSPS) is 10.4. The molecular weight excluding hydrogens is 232 g/mol. The van der Waals surface area contributed by atoms with E-state index in [0.29, 0.717) is 0 Å². The van der Waals surface area contributed by atoms with Crippen LogP contribution in [0.1, 0.15) is 10.4 Å². The van der Waals surface area contributed by atoms with Crippen LogP contribution in [0.3, 0.4) is 0 Å². The van der Waals surface area contributed by atoms with Gasteiger partial charge in [-0.1, -0.05) is 5.16 Å². The monoisotopic (exact) mass is 238 g/mol. The summed E-state index contributed by atoms with van der Waals surface area (Å²) in [7, 11) is 0. The van der Waals surface area contributed by atoms with E-state index in [0.717, 1.165) is 6.07 Å². The molecule has 2 aromatic heterocycles. The van der Waals surface area contributed by atoms with Crippen LogP contribution in [0.25, 0.3) is 11.5 Å². The van der Waals surface area contributed by atoms with E-state index in [1.807, 2.05) is 0 Å². The van der Waals surface area contributed by atoms with E-state index in [1.165, 1.54) is 6.07 Å². The van der Waals surface area contributed by atoms with Crippen molar-refractivity contribution in [2.75, 3.05) is 5.73 Å². The van der Waals surface area contributed by atoms with E-state index in [1.54, 1.807) is 0 Å². The fraction of sp³-hybridized carbons (Fsp3) is 0. The Labute approximate surface area is 93.1 Å². The van der Waals surface area contributed by atoms with Crippen molar-refractivity contribution in [3.8, 4) is 11.5 Å². The molecule has 88 valence electrons. The molecule has 0 saturated heterocycles. The van der Waals surface area contributed by atoms with Crippen LogP contribution < -0.4 is 11.5 Å². The predicted molar refractivity (Wildman–Crippen MR) is 53.8 cm³/mol. The number of nitrogens with two attached hydrogens (primary N) is 2. The molecular formula is C8H6N4O5. The quantitative estimate of drug-likeness (QED) is 0.583. The largest absolute Gasteiger partial charge is 0.433 e. The second kappa shape index (κ2) is 3.63. The molecule has 0 saturated carbocycles. The van der Waals surface area contributed by atoms with E-state index in [2.05, 4.69) is 9.68 Å². The van der Waals surface area contributed by atoms with E-state index >= 15 is 0 Å². The number of primary amides is 1. The minimum absolute atomic E-state index is 0.0223. The SMILES string of the molecule is NC(=O)c1c(-c2ccc([N+](=O)[O-])o2)noc1N. The number of rotatable bonds is 3. The average molecular weight is 238 g/mol. The van der Waals surface area contributed by atoms with Crippen molar-refractivity contribution >= 4 is 17.7 Å². The first-order valence-corrected chi connectivity index (χ1v) is 4.30. The van der Waals surface area contributed by atoms with Crippen molar-refractivity contribution in [2.45, 2.75) is 0 Å². The zero-order valence-corrected chi connectivity index (χ0v) is 8.25. The van der Waals surface area contributed by atoms with Crippen LogP contribution in [-0.4, -0.2) is 16.0 Å². The van der Waals surface area contributed by atoms with Gasteiger partial charge in [-0.05, 0) is 6.07 Å². The Bertz CT molecular complexity index is 599. The standard InChI is InChI=1S/C8H6N4O5/c9-7(13)5-6(11-17-8(5)10)3-1-2-4(16-3)12(14)15/h1-2H,10H2,(H2,9,13). The van der Waals surface area contributed by atoms with Crippen molar-refractivity contribution in [1.29, 1.82) is 0 Å². The van der Waals surface area contributed by atoms with E-state index in [9.17, 15) is 14.9 Å². The zero-order chi connectivity index (χ0) is 12.6. The summed E-state index contributed by atoms with van der Waals surface area (Å²) in [6.45, 7) is 0. The fourth-order valence-electron chi connectivity index (χ4n) is 1.26. The molecule has 2 rings (SSSR count). The van der Waals surface area contributed by atoms with Crippen LogP contribution in [0.2, 0.25) is 0 Å². The Balaban J connectivity index is 2.53. The molecule has 2 heterocycles. The third-order valence-electron chi connectivity index (χ3n) is 1.97. The third-order valence-corrected chi connectivity index (χ3v) is 1.97. The van der Waals surface area contributed by atoms with Gasteiger partial charge < -0.3 is 20.4 Å². The molecule has 9 heteroatoms. The zero-order valence-electron chi connectivity index (χ0n) is 8.25. The number of carbonyl (C=O) groups excluding carboxylic acids is 1. The first kappa shape index (κ1) is 10.7. The average Bonchev–Trinajstić information content (AvgIpc) is 2.82. The van der Waals surface area contributed by atoms with Crippen LogP contribution in [0.15, 0.2) is 21.1 Å². The summed E-state index contributed by atoms with van der Waals surface area (Å²) >= 11 is 0. The summed E-state index contributed by atoms with van der Waals surface area (Å²) in [4.78, 5) is 20.8. The van der Waals surface area contributed by atoms with E-state index in [-0.39, 0.29) is 22.9 Å². The van der Waals surface area contributed by atoms with Gasteiger partial charge in [0.1, 0.15) is 10.5 Å². The highest BCUT2D eigenvalue weighted by Gasteiger charge is 2.24. The number of hydrogen-bond donors (Lipinski definition) is 2. The molecule has 0 aliphatic carbocycles. The van der Waals surface area contributed by atoms with Gasteiger partial charge >= 0.3 is 5.88 Å². The Morgan fingerprint density at radius 2 is 2.18 bits per heavy atom. The predicted octanol–water partition coefficient (Wildman–Crippen LogP) is 0.524. The summed E-state index contributed by atoms with van der Waals surface area (Å²) in [6, 6.07) is 2.38. The van der Waals surface area contributed by atoms with Gasteiger partial charge in [-0.15, -0.1) is 0 Å². The molecule has 17 heavy (non-hydrogen) atoms. The Kier molecular flexibility index (Phi) is 2.28. The van der Waals surface area contributed by atoms with Crippen LogP contribution in [0, 0.1) is 10.1 Å². The number of anilines is 1. The second-order valence-electron chi connectivity index (χ2n) is 3.03. The Morgan fingerprint density at radius 3 is 2.71 bits per heavy atom. The molecule has 0 bridgehead atoms. The summed E-state index contributed by atoms with van der Waals surface area (Å²) in [5, 5.41) is 13.9. The number of nitro groups is 1. The molecule has 0 unspecified atom stereocenters. The molecule has 9 nitrogen and oxygen atoms in total. The number of hydrogen-bond acceptors (Lipinski definition) is 7. The maximum absolute atomic E-state index is 11.1. The third kappa shape index (κ3) is 1.69. The highest BCUT2D eigenvalue weighted by Crippen LogP contribution is 2.30. The van der Waals surface area contributed by atoms with Gasteiger partial charge in [-0.3, -0.25) is 14.9 Å². The minimum atomic E-state index is -0.863. The van der Waals surface area contributed by atoms with E-state index < -0.39 is 16.7 Å². The molecule has 4 N–H and O–H groups in total.